The standard InChI is InChI=1S/C17H20N4O4S/c22-16(15-11-18-17(23)19-15)20-6-8-21(9-7-20)26(24,25)14-5-4-12-2-1-3-13(12)10-14/h4-5,10-11H,1-3,6-9H2,(H2,18,19,23). The van der Waals surface area contributed by atoms with Gasteiger partial charge in [0.2, 0.25) is 10.0 Å². The summed E-state index contributed by atoms with van der Waals surface area (Å²) in [5.74, 6) is -0.307. The minimum atomic E-state index is -3.56. The molecule has 138 valence electrons. The lowest BCUT2D eigenvalue weighted by molar-refractivity contribution is 0.0692. The van der Waals surface area contributed by atoms with E-state index in [-0.39, 0.29) is 37.8 Å². The lowest BCUT2D eigenvalue weighted by Crippen LogP contribution is -2.50. The molecule has 1 aromatic carbocycles. The first-order valence-electron chi connectivity index (χ1n) is 8.64. The van der Waals surface area contributed by atoms with Gasteiger partial charge < -0.3 is 14.9 Å². The average molecular weight is 376 g/mol. The Morgan fingerprint density at radius 3 is 2.46 bits per heavy atom. The van der Waals surface area contributed by atoms with E-state index in [2.05, 4.69) is 9.97 Å². The molecule has 4 rings (SSSR count). The van der Waals surface area contributed by atoms with Crippen molar-refractivity contribution in [1.29, 1.82) is 0 Å². The number of sulfonamides is 1. The van der Waals surface area contributed by atoms with Gasteiger partial charge in [0.05, 0.1) is 4.90 Å². The smallest absolute Gasteiger partial charge is 0.323 e. The van der Waals surface area contributed by atoms with E-state index >= 15 is 0 Å². The van der Waals surface area contributed by atoms with E-state index in [0.717, 1.165) is 24.8 Å². The van der Waals surface area contributed by atoms with Crippen molar-refractivity contribution >= 4 is 15.9 Å². The van der Waals surface area contributed by atoms with Gasteiger partial charge in [-0.15, -0.1) is 0 Å². The molecule has 0 atom stereocenters. The highest BCUT2D eigenvalue weighted by Crippen LogP contribution is 2.26. The van der Waals surface area contributed by atoms with Gasteiger partial charge in [0.1, 0.15) is 5.69 Å². The highest BCUT2D eigenvalue weighted by atomic mass is 32.2. The number of aromatic amines is 2. The van der Waals surface area contributed by atoms with Gasteiger partial charge in [0.25, 0.3) is 5.91 Å². The fourth-order valence-electron chi connectivity index (χ4n) is 3.61. The maximum Gasteiger partial charge on any atom is 0.323 e. The van der Waals surface area contributed by atoms with Crippen LogP contribution >= 0.6 is 0 Å². The van der Waals surface area contributed by atoms with Crippen LogP contribution < -0.4 is 5.69 Å². The Balaban J connectivity index is 1.47. The maximum atomic E-state index is 12.9. The number of fused-ring (bicyclic) bond motifs is 1. The van der Waals surface area contributed by atoms with Crippen molar-refractivity contribution in [1.82, 2.24) is 19.2 Å². The number of carbonyl (C=O) groups excluding carboxylic acids is 1. The number of rotatable bonds is 3. The first-order valence-corrected chi connectivity index (χ1v) is 10.1. The summed E-state index contributed by atoms with van der Waals surface area (Å²) in [6, 6.07) is 5.39. The number of H-pyrrole nitrogens is 2. The lowest BCUT2D eigenvalue weighted by atomic mass is 10.1. The van der Waals surface area contributed by atoms with Gasteiger partial charge in [-0.25, -0.2) is 13.2 Å². The largest absolute Gasteiger partial charge is 0.335 e. The van der Waals surface area contributed by atoms with Crippen LogP contribution in [0.2, 0.25) is 0 Å². The Bertz CT molecular complexity index is 1000. The molecular formula is C17H20N4O4S. The van der Waals surface area contributed by atoms with E-state index in [0.29, 0.717) is 4.90 Å². The molecule has 0 spiro atoms. The Kier molecular flexibility index (Phi) is 4.20. The SMILES string of the molecule is O=C(c1c[nH]c(=O)[nH]1)N1CCN(S(=O)(=O)c2ccc3c(c2)CCC3)CC1. The number of aryl methyl sites for hydroxylation is 2. The number of hydrogen-bond donors (Lipinski definition) is 2. The maximum absolute atomic E-state index is 12.9. The van der Waals surface area contributed by atoms with Crippen molar-refractivity contribution in [3.05, 3.63) is 51.7 Å². The second-order valence-electron chi connectivity index (χ2n) is 6.64. The summed E-state index contributed by atoms with van der Waals surface area (Å²) < 4.78 is 27.2. The predicted molar refractivity (Wildman–Crippen MR) is 94.5 cm³/mol. The van der Waals surface area contributed by atoms with E-state index in [9.17, 15) is 18.0 Å². The number of aromatic nitrogens is 2. The lowest BCUT2D eigenvalue weighted by Gasteiger charge is -2.33. The molecule has 8 nitrogen and oxygen atoms in total. The fourth-order valence-corrected chi connectivity index (χ4v) is 5.08. The number of nitrogens with one attached hydrogen (secondary N) is 2. The summed E-state index contributed by atoms with van der Waals surface area (Å²) in [6.45, 7) is 1.05. The first-order chi connectivity index (χ1) is 12.4. The van der Waals surface area contributed by atoms with Crippen molar-refractivity contribution in [2.24, 2.45) is 0 Å². The van der Waals surface area contributed by atoms with Crippen molar-refractivity contribution in [2.45, 2.75) is 24.2 Å². The van der Waals surface area contributed by atoms with E-state index in [1.807, 2.05) is 6.07 Å². The van der Waals surface area contributed by atoms with Gasteiger partial charge in [-0.2, -0.15) is 4.31 Å². The van der Waals surface area contributed by atoms with Gasteiger partial charge >= 0.3 is 5.69 Å². The Hall–Kier alpha value is -2.39. The van der Waals surface area contributed by atoms with Crippen LogP contribution in [0.25, 0.3) is 0 Å². The molecule has 1 aliphatic carbocycles. The number of imidazole rings is 1. The quantitative estimate of drug-likeness (QED) is 0.805. The molecule has 2 aliphatic rings. The summed E-state index contributed by atoms with van der Waals surface area (Å²) >= 11 is 0. The van der Waals surface area contributed by atoms with E-state index in [1.165, 1.54) is 16.1 Å². The molecule has 0 bridgehead atoms. The monoisotopic (exact) mass is 376 g/mol. The number of amides is 1. The zero-order valence-corrected chi connectivity index (χ0v) is 15.0. The molecule has 2 heterocycles. The zero-order valence-electron chi connectivity index (χ0n) is 14.2. The van der Waals surface area contributed by atoms with Crippen molar-refractivity contribution in [3.63, 3.8) is 0 Å². The highest BCUT2D eigenvalue weighted by Gasteiger charge is 2.31. The second kappa shape index (κ2) is 6.40. The number of hydrogen-bond acceptors (Lipinski definition) is 4. The minimum Gasteiger partial charge on any atom is -0.335 e. The Morgan fingerprint density at radius 1 is 1.04 bits per heavy atom. The molecule has 2 aromatic rings. The van der Waals surface area contributed by atoms with Crippen LogP contribution in [-0.4, -0.2) is 59.7 Å². The fraction of sp³-hybridized carbons (Fsp3) is 0.412. The Morgan fingerprint density at radius 2 is 1.77 bits per heavy atom. The molecule has 1 aromatic heterocycles. The van der Waals surface area contributed by atoms with Crippen LogP contribution in [-0.2, 0) is 22.9 Å². The van der Waals surface area contributed by atoms with Gasteiger partial charge in [-0.3, -0.25) is 4.79 Å². The molecule has 1 fully saturated rings. The molecule has 1 amide bonds. The summed E-state index contributed by atoms with van der Waals surface area (Å²) in [4.78, 5) is 30.2. The third-order valence-electron chi connectivity index (χ3n) is 5.06. The van der Waals surface area contributed by atoms with E-state index in [4.69, 9.17) is 0 Å². The highest BCUT2D eigenvalue weighted by molar-refractivity contribution is 7.89. The van der Waals surface area contributed by atoms with Crippen LogP contribution in [0.1, 0.15) is 28.0 Å². The van der Waals surface area contributed by atoms with Crippen molar-refractivity contribution < 1.29 is 13.2 Å². The van der Waals surface area contributed by atoms with Crippen LogP contribution in [0.5, 0.6) is 0 Å². The van der Waals surface area contributed by atoms with Crippen LogP contribution in [0, 0.1) is 0 Å². The van der Waals surface area contributed by atoms with Crippen LogP contribution in [0.3, 0.4) is 0 Å². The summed E-state index contributed by atoms with van der Waals surface area (Å²) in [7, 11) is -3.56. The summed E-state index contributed by atoms with van der Waals surface area (Å²) in [6.07, 6.45) is 4.34. The van der Waals surface area contributed by atoms with Crippen molar-refractivity contribution in [2.75, 3.05) is 26.2 Å². The van der Waals surface area contributed by atoms with Crippen LogP contribution in [0.15, 0.2) is 34.1 Å². The summed E-state index contributed by atoms with van der Waals surface area (Å²) in [5, 5.41) is 0. The minimum absolute atomic E-state index is 0.185. The molecule has 2 N–H and O–H groups in total. The molecule has 9 heteroatoms. The van der Waals surface area contributed by atoms with Gasteiger partial charge in [0, 0.05) is 32.4 Å². The normalized spacial score (nSPS) is 18.1. The predicted octanol–water partition coefficient (Wildman–Crippen LogP) is 0.338. The molecule has 0 radical (unpaired) electrons. The third-order valence-corrected chi connectivity index (χ3v) is 6.95. The van der Waals surface area contributed by atoms with Gasteiger partial charge in [-0.1, -0.05) is 6.07 Å². The number of carbonyl (C=O) groups is 1. The molecular weight excluding hydrogens is 356 g/mol. The number of piperazine rings is 1. The first kappa shape index (κ1) is 17.0. The molecule has 1 saturated heterocycles. The topological polar surface area (TPSA) is 106 Å². The van der Waals surface area contributed by atoms with E-state index in [1.54, 1.807) is 17.0 Å². The van der Waals surface area contributed by atoms with E-state index < -0.39 is 15.7 Å². The molecule has 0 unspecified atom stereocenters. The van der Waals surface area contributed by atoms with Gasteiger partial charge in [-0.05, 0) is 42.5 Å². The van der Waals surface area contributed by atoms with Crippen molar-refractivity contribution in [3.8, 4) is 0 Å². The summed E-state index contributed by atoms with van der Waals surface area (Å²) in [5.41, 5.74) is 2.10. The molecule has 26 heavy (non-hydrogen) atoms. The second-order valence-corrected chi connectivity index (χ2v) is 8.57. The van der Waals surface area contributed by atoms with Gasteiger partial charge in [0.15, 0.2) is 0 Å². The zero-order chi connectivity index (χ0) is 18.3. The average Bonchev–Trinajstić information content (AvgIpc) is 3.29. The molecule has 0 saturated carbocycles. The third kappa shape index (κ3) is 2.97. The Labute approximate surface area is 150 Å². The van der Waals surface area contributed by atoms with Crippen LogP contribution in [0.4, 0.5) is 0 Å². The number of nitrogens with zero attached hydrogens (tertiary/aromatic N) is 2. The number of benzene rings is 1. The molecule has 1 aliphatic heterocycles.